The van der Waals surface area contributed by atoms with Crippen molar-refractivity contribution >= 4 is 0 Å². The fourth-order valence-electron chi connectivity index (χ4n) is 2.25. The van der Waals surface area contributed by atoms with Crippen LogP contribution in [0.15, 0.2) is 24.4 Å². The molecule has 2 N–H and O–H groups in total. The Morgan fingerprint density at radius 1 is 1.39 bits per heavy atom. The van der Waals surface area contributed by atoms with Gasteiger partial charge >= 0.3 is 0 Å². The van der Waals surface area contributed by atoms with Gasteiger partial charge in [-0.3, -0.25) is 9.67 Å². The van der Waals surface area contributed by atoms with Crippen molar-refractivity contribution in [3.8, 4) is 0 Å². The van der Waals surface area contributed by atoms with Crippen molar-refractivity contribution in [3.05, 3.63) is 47.0 Å². The number of aryl methyl sites for hydroxylation is 3. The van der Waals surface area contributed by atoms with E-state index in [9.17, 15) is 0 Å². The standard InChI is InChI=1S/C14H20N4/c1-4-18-12(8-11(3)17-18)9-13(15)14-10(2)6-5-7-16-14/h5-8,13H,4,9,15H2,1-3H3. The van der Waals surface area contributed by atoms with Crippen molar-refractivity contribution in [3.63, 3.8) is 0 Å². The van der Waals surface area contributed by atoms with E-state index in [1.54, 1.807) is 6.20 Å². The zero-order valence-corrected chi connectivity index (χ0v) is 11.2. The molecule has 96 valence electrons. The molecule has 0 fully saturated rings. The largest absolute Gasteiger partial charge is 0.322 e. The first-order chi connectivity index (χ1) is 8.61. The third-order valence-corrected chi connectivity index (χ3v) is 3.12. The van der Waals surface area contributed by atoms with Crippen LogP contribution in [-0.4, -0.2) is 14.8 Å². The van der Waals surface area contributed by atoms with E-state index in [0.29, 0.717) is 0 Å². The van der Waals surface area contributed by atoms with E-state index in [-0.39, 0.29) is 6.04 Å². The Morgan fingerprint density at radius 2 is 2.17 bits per heavy atom. The zero-order chi connectivity index (χ0) is 13.1. The molecule has 0 bridgehead atoms. The second-order valence-corrected chi connectivity index (χ2v) is 4.61. The lowest BCUT2D eigenvalue weighted by Gasteiger charge is -2.14. The maximum absolute atomic E-state index is 6.26. The van der Waals surface area contributed by atoms with Gasteiger partial charge in [0.2, 0.25) is 0 Å². The predicted octanol–water partition coefficient (Wildman–Crippen LogP) is 2.16. The van der Waals surface area contributed by atoms with Crippen molar-refractivity contribution in [2.75, 3.05) is 0 Å². The molecule has 2 aromatic rings. The first-order valence-corrected chi connectivity index (χ1v) is 6.32. The minimum atomic E-state index is -0.0763. The number of pyridine rings is 1. The number of hydrogen-bond donors (Lipinski definition) is 1. The Balaban J connectivity index is 2.21. The van der Waals surface area contributed by atoms with E-state index >= 15 is 0 Å². The minimum absolute atomic E-state index is 0.0763. The monoisotopic (exact) mass is 244 g/mol. The van der Waals surface area contributed by atoms with Gasteiger partial charge in [-0.05, 0) is 38.5 Å². The number of nitrogens with two attached hydrogens (primary N) is 1. The van der Waals surface area contributed by atoms with Crippen LogP contribution >= 0.6 is 0 Å². The van der Waals surface area contributed by atoms with Crippen LogP contribution < -0.4 is 5.73 Å². The lowest BCUT2D eigenvalue weighted by Crippen LogP contribution is -2.18. The van der Waals surface area contributed by atoms with Gasteiger partial charge in [-0.25, -0.2) is 0 Å². The van der Waals surface area contributed by atoms with Crippen molar-refractivity contribution in [2.45, 2.75) is 39.8 Å². The quantitative estimate of drug-likeness (QED) is 0.896. The van der Waals surface area contributed by atoms with Crippen LogP contribution in [0.3, 0.4) is 0 Å². The van der Waals surface area contributed by atoms with E-state index < -0.39 is 0 Å². The second kappa shape index (κ2) is 5.31. The van der Waals surface area contributed by atoms with Gasteiger partial charge in [-0.15, -0.1) is 0 Å². The maximum Gasteiger partial charge on any atom is 0.0604 e. The van der Waals surface area contributed by atoms with Gasteiger partial charge in [0.25, 0.3) is 0 Å². The molecule has 4 nitrogen and oxygen atoms in total. The fraction of sp³-hybridized carbons (Fsp3) is 0.429. The van der Waals surface area contributed by atoms with Crippen LogP contribution in [0, 0.1) is 13.8 Å². The molecule has 0 saturated carbocycles. The smallest absolute Gasteiger partial charge is 0.0604 e. The summed E-state index contributed by atoms with van der Waals surface area (Å²) < 4.78 is 2.01. The third-order valence-electron chi connectivity index (χ3n) is 3.12. The van der Waals surface area contributed by atoms with Crippen LogP contribution in [0.5, 0.6) is 0 Å². The summed E-state index contributed by atoms with van der Waals surface area (Å²) in [6.07, 6.45) is 2.57. The SMILES string of the molecule is CCn1nc(C)cc1CC(N)c1ncccc1C. The summed E-state index contributed by atoms with van der Waals surface area (Å²) in [5.74, 6) is 0. The summed E-state index contributed by atoms with van der Waals surface area (Å²) in [5, 5.41) is 4.44. The molecule has 18 heavy (non-hydrogen) atoms. The van der Waals surface area contributed by atoms with Gasteiger partial charge in [0.1, 0.15) is 0 Å². The van der Waals surface area contributed by atoms with Crippen LogP contribution in [-0.2, 0) is 13.0 Å². The van der Waals surface area contributed by atoms with Crippen LogP contribution in [0.25, 0.3) is 0 Å². The van der Waals surface area contributed by atoms with Gasteiger partial charge in [0.15, 0.2) is 0 Å². The normalized spacial score (nSPS) is 12.7. The molecule has 0 aliphatic carbocycles. The number of rotatable bonds is 4. The Labute approximate surface area is 108 Å². The van der Waals surface area contributed by atoms with Gasteiger partial charge in [0.05, 0.1) is 17.4 Å². The maximum atomic E-state index is 6.26. The molecular weight excluding hydrogens is 224 g/mol. The fourth-order valence-corrected chi connectivity index (χ4v) is 2.25. The summed E-state index contributed by atoms with van der Waals surface area (Å²) >= 11 is 0. The number of aromatic nitrogens is 3. The second-order valence-electron chi connectivity index (χ2n) is 4.61. The molecule has 1 atom stereocenters. The molecule has 4 heteroatoms. The highest BCUT2D eigenvalue weighted by Gasteiger charge is 2.14. The van der Waals surface area contributed by atoms with Crippen molar-refractivity contribution in [2.24, 2.45) is 5.73 Å². The summed E-state index contributed by atoms with van der Waals surface area (Å²) in [6, 6.07) is 6.01. The Hall–Kier alpha value is -1.68. The molecule has 2 heterocycles. The first-order valence-electron chi connectivity index (χ1n) is 6.32. The minimum Gasteiger partial charge on any atom is -0.322 e. The Bertz CT molecular complexity index is 530. The Kier molecular flexibility index (Phi) is 3.77. The topological polar surface area (TPSA) is 56.7 Å². The molecule has 0 aromatic carbocycles. The molecule has 0 radical (unpaired) electrons. The van der Waals surface area contributed by atoms with E-state index in [1.165, 1.54) is 5.69 Å². The number of nitrogens with zero attached hydrogens (tertiary/aromatic N) is 3. The molecule has 1 unspecified atom stereocenters. The van der Waals surface area contributed by atoms with Crippen LogP contribution in [0.2, 0.25) is 0 Å². The van der Waals surface area contributed by atoms with Crippen molar-refractivity contribution in [1.29, 1.82) is 0 Å². The molecule has 0 amide bonds. The molecule has 2 rings (SSSR count). The summed E-state index contributed by atoms with van der Waals surface area (Å²) in [5.41, 5.74) is 10.6. The highest BCUT2D eigenvalue weighted by molar-refractivity contribution is 5.23. The molecule has 0 aliphatic heterocycles. The highest BCUT2D eigenvalue weighted by atomic mass is 15.3. The molecule has 2 aromatic heterocycles. The van der Waals surface area contributed by atoms with Gasteiger partial charge < -0.3 is 5.73 Å². The average molecular weight is 244 g/mol. The third kappa shape index (κ3) is 2.59. The molecule has 0 aliphatic rings. The zero-order valence-electron chi connectivity index (χ0n) is 11.2. The van der Waals surface area contributed by atoms with E-state index in [4.69, 9.17) is 5.73 Å². The van der Waals surface area contributed by atoms with Gasteiger partial charge in [-0.2, -0.15) is 5.10 Å². The van der Waals surface area contributed by atoms with Gasteiger partial charge in [-0.1, -0.05) is 6.07 Å². The summed E-state index contributed by atoms with van der Waals surface area (Å²) in [6.45, 7) is 7.02. The van der Waals surface area contributed by atoms with Crippen LogP contribution in [0.1, 0.15) is 35.6 Å². The first kappa shape index (κ1) is 12.8. The average Bonchev–Trinajstić information content (AvgIpc) is 2.70. The van der Waals surface area contributed by atoms with Crippen molar-refractivity contribution < 1.29 is 0 Å². The molecular formula is C14H20N4. The van der Waals surface area contributed by atoms with Crippen molar-refractivity contribution in [1.82, 2.24) is 14.8 Å². The summed E-state index contributed by atoms with van der Waals surface area (Å²) in [4.78, 5) is 4.38. The molecule has 0 spiro atoms. The Morgan fingerprint density at radius 3 is 2.83 bits per heavy atom. The lowest BCUT2D eigenvalue weighted by molar-refractivity contribution is 0.581. The predicted molar refractivity (Wildman–Crippen MR) is 72.2 cm³/mol. The number of hydrogen-bond acceptors (Lipinski definition) is 3. The van der Waals surface area contributed by atoms with E-state index in [2.05, 4.69) is 23.1 Å². The highest BCUT2D eigenvalue weighted by Crippen LogP contribution is 2.17. The van der Waals surface area contributed by atoms with E-state index in [1.807, 2.05) is 30.7 Å². The molecule has 0 saturated heterocycles. The van der Waals surface area contributed by atoms with Gasteiger partial charge in [0, 0.05) is 24.9 Å². The lowest BCUT2D eigenvalue weighted by atomic mass is 10.0. The van der Waals surface area contributed by atoms with E-state index in [0.717, 1.165) is 29.9 Å². The van der Waals surface area contributed by atoms with Crippen LogP contribution in [0.4, 0.5) is 0 Å². The summed E-state index contributed by atoms with van der Waals surface area (Å²) in [7, 11) is 0.